The molecule has 1 aromatic rings. The highest BCUT2D eigenvalue weighted by atomic mass is 35.5. The third-order valence-corrected chi connectivity index (χ3v) is 5.18. The molecule has 1 N–H and O–H groups in total. The van der Waals surface area contributed by atoms with Crippen LogP contribution in [-0.4, -0.2) is 35.3 Å². The third-order valence-electron chi connectivity index (χ3n) is 4.44. The van der Waals surface area contributed by atoms with E-state index >= 15 is 0 Å². The molecule has 0 aliphatic carbocycles. The number of hydrogen-bond donors (Lipinski definition) is 1. The molecule has 1 unspecified atom stereocenters. The Balaban J connectivity index is 2.01. The topological polar surface area (TPSA) is 49.4 Å². The molecule has 1 fully saturated rings. The number of carbonyl (C=O) groups excluding carboxylic acids is 2. The molecule has 1 aliphatic rings. The van der Waals surface area contributed by atoms with Crippen molar-refractivity contribution in [3.63, 3.8) is 0 Å². The van der Waals surface area contributed by atoms with E-state index < -0.39 is 0 Å². The summed E-state index contributed by atoms with van der Waals surface area (Å²) in [6, 6.07) is 5.60. The minimum Gasteiger partial charge on any atom is -0.352 e. The van der Waals surface area contributed by atoms with Gasteiger partial charge in [-0.1, -0.05) is 35.8 Å². The van der Waals surface area contributed by atoms with E-state index in [9.17, 15) is 9.59 Å². The van der Waals surface area contributed by atoms with Crippen molar-refractivity contribution in [3.8, 4) is 0 Å². The molecule has 0 saturated carbocycles. The maximum atomic E-state index is 12.5. The van der Waals surface area contributed by atoms with Crippen LogP contribution in [0.2, 0.25) is 10.0 Å². The monoisotopic (exact) mass is 368 g/mol. The number of carbonyl (C=O) groups is 2. The van der Waals surface area contributed by atoms with Crippen LogP contribution < -0.4 is 5.32 Å². The molecule has 4 nitrogen and oxygen atoms in total. The van der Waals surface area contributed by atoms with Gasteiger partial charge in [-0.15, -0.1) is 0 Å². The fourth-order valence-corrected chi connectivity index (χ4v) is 3.54. The van der Waals surface area contributed by atoms with Gasteiger partial charge in [0.25, 0.3) is 0 Å². The molecule has 1 heterocycles. The molecular formula is C18H22Cl2N2O2. The number of nitrogens with zero attached hydrogens (tertiary/aromatic N) is 1. The summed E-state index contributed by atoms with van der Waals surface area (Å²) in [5, 5.41) is 3.70. The second-order valence-electron chi connectivity index (χ2n) is 6.32. The maximum absolute atomic E-state index is 12.5. The number of hydrogen-bond acceptors (Lipinski definition) is 2. The van der Waals surface area contributed by atoms with Crippen LogP contribution in [-0.2, 0) is 16.0 Å². The number of likely N-dealkylation sites (tertiary alicyclic amines) is 1. The zero-order chi connectivity index (χ0) is 17.7. The summed E-state index contributed by atoms with van der Waals surface area (Å²) < 4.78 is 0. The van der Waals surface area contributed by atoms with Gasteiger partial charge in [0.1, 0.15) is 0 Å². The quantitative estimate of drug-likeness (QED) is 0.779. The average Bonchev–Trinajstić information content (AvgIpc) is 2.92. The summed E-state index contributed by atoms with van der Waals surface area (Å²) in [5.41, 5.74) is 0.822. The Labute approximate surface area is 152 Å². The van der Waals surface area contributed by atoms with Crippen molar-refractivity contribution in [3.05, 3.63) is 46.5 Å². The van der Waals surface area contributed by atoms with Crippen LogP contribution in [0, 0.1) is 0 Å². The predicted octanol–water partition coefficient (Wildman–Crippen LogP) is 3.61. The van der Waals surface area contributed by atoms with Gasteiger partial charge >= 0.3 is 0 Å². The molecule has 0 bridgehead atoms. The lowest BCUT2D eigenvalue weighted by molar-refractivity contribution is -0.134. The van der Waals surface area contributed by atoms with Gasteiger partial charge in [0.05, 0.1) is 10.0 Å². The van der Waals surface area contributed by atoms with Crippen LogP contribution >= 0.6 is 23.2 Å². The minimum atomic E-state index is -0.261. The Bertz CT molecular complexity index is 648. The SMILES string of the molecule is C=CC(=O)NCCC(=O)N1CCCC1(C)Cc1ccc(Cl)c(Cl)c1. The van der Waals surface area contributed by atoms with Crippen LogP contribution in [0.1, 0.15) is 31.7 Å². The van der Waals surface area contributed by atoms with Crippen molar-refractivity contribution in [2.24, 2.45) is 0 Å². The summed E-state index contributed by atoms with van der Waals surface area (Å²) in [5.74, 6) is -0.206. The smallest absolute Gasteiger partial charge is 0.243 e. The number of amides is 2. The van der Waals surface area contributed by atoms with Crippen LogP contribution in [0.4, 0.5) is 0 Å². The Morgan fingerprint density at radius 1 is 1.38 bits per heavy atom. The second-order valence-corrected chi connectivity index (χ2v) is 7.13. The van der Waals surface area contributed by atoms with Crippen molar-refractivity contribution in [1.82, 2.24) is 10.2 Å². The van der Waals surface area contributed by atoms with Gasteiger partial charge in [-0.05, 0) is 50.0 Å². The van der Waals surface area contributed by atoms with E-state index in [1.165, 1.54) is 6.08 Å². The van der Waals surface area contributed by atoms with Gasteiger partial charge in [0, 0.05) is 25.0 Å². The van der Waals surface area contributed by atoms with E-state index in [1.54, 1.807) is 6.07 Å². The third kappa shape index (κ3) is 4.52. The second kappa shape index (κ2) is 8.04. The molecule has 1 atom stereocenters. The normalized spacial score (nSPS) is 20.0. The summed E-state index contributed by atoms with van der Waals surface area (Å²) in [6.07, 6.45) is 4.14. The van der Waals surface area contributed by atoms with E-state index in [0.717, 1.165) is 31.4 Å². The maximum Gasteiger partial charge on any atom is 0.243 e. The van der Waals surface area contributed by atoms with Gasteiger partial charge in [0.15, 0.2) is 0 Å². The van der Waals surface area contributed by atoms with Gasteiger partial charge in [0.2, 0.25) is 11.8 Å². The summed E-state index contributed by atoms with van der Waals surface area (Å²) >= 11 is 12.1. The molecule has 1 aliphatic heterocycles. The van der Waals surface area contributed by atoms with E-state index in [4.69, 9.17) is 23.2 Å². The van der Waals surface area contributed by atoms with Crippen molar-refractivity contribution in [2.75, 3.05) is 13.1 Å². The average molecular weight is 369 g/mol. The van der Waals surface area contributed by atoms with Crippen molar-refractivity contribution < 1.29 is 9.59 Å². The molecule has 130 valence electrons. The van der Waals surface area contributed by atoms with Gasteiger partial charge in [-0.2, -0.15) is 0 Å². The van der Waals surface area contributed by atoms with E-state index in [2.05, 4.69) is 18.8 Å². The molecule has 1 aromatic carbocycles. The first kappa shape index (κ1) is 18.8. The number of nitrogens with one attached hydrogen (secondary N) is 1. The highest BCUT2D eigenvalue weighted by Gasteiger charge is 2.39. The summed E-state index contributed by atoms with van der Waals surface area (Å²) in [4.78, 5) is 25.6. The lowest BCUT2D eigenvalue weighted by atomic mass is 9.90. The Morgan fingerprint density at radius 3 is 2.79 bits per heavy atom. The number of rotatable bonds is 6. The van der Waals surface area contributed by atoms with E-state index in [1.807, 2.05) is 17.0 Å². The molecule has 0 aromatic heterocycles. The van der Waals surface area contributed by atoms with Crippen molar-refractivity contribution in [2.45, 2.75) is 38.1 Å². The Kier molecular flexibility index (Phi) is 6.30. The molecule has 6 heteroatoms. The Morgan fingerprint density at radius 2 is 2.12 bits per heavy atom. The standard InChI is InChI=1S/C18H22Cl2N2O2/c1-3-16(23)21-9-7-17(24)22-10-4-8-18(22,2)12-13-5-6-14(19)15(20)11-13/h3,5-6,11H,1,4,7-10,12H2,2H3,(H,21,23). The van der Waals surface area contributed by atoms with E-state index in [0.29, 0.717) is 16.6 Å². The first-order valence-corrected chi connectivity index (χ1v) is 8.76. The molecule has 0 radical (unpaired) electrons. The molecular weight excluding hydrogens is 347 g/mol. The van der Waals surface area contributed by atoms with Crippen LogP contribution in [0.5, 0.6) is 0 Å². The minimum absolute atomic E-state index is 0.0550. The zero-order valence-corrected chi connectivity index (χ0v) is 15.3. The van der Waals surface area contributed by atoms with Crippen molar-refractivity contribution >= 4 is 35.0 Å². The van der Waals surface area contributed by atoms with E-state index in [-0.39, 0.29) is 23.8 Å². The highest BCUT2D eigenvalue weighted by Crippen LogP contribution is 2.34. The fraction of sp³-hybridized carbons (Fsp3) is 0.444. The van der Waals surface area contributed by atoms with Crippen LogP contribution in [0.25, 0.3) is 0 Å². The van der Waals surface area contributed by atoms with Gasteiger partial charge in [-0.3, -0.25) is 9.59 Å². The van der Waals surface area contributed by atoms with Crippen molar-refractivity contribution in [1.29, 1.82) is 0 Å². The zero-order valence-electron chi connectivity index (χ0n) is 13.8. The number of benzene rings is 1. The fourth-order valence-electron chi connectivity index (χ4n) is 3.22. The lowest BCUT2D eigenvalue weighted by Crippen LogP contribution is -2.47. The molecule has 24 heavy (non-hydrogen) atoms. The van der Waals surface area contributed by atoms with Gasteiger partial charge in [-0.25, -0.2) is 0 Å². The van der Waals surface area contributed by atoms with Crippen LogP contribution in [0.15, 0.2) is 30.9 Å². The van der Waals surface area contributed by atoms with Gasteiger partial charge < -0.3 is 10.2 Å². The first-order valence-electron chi connectivity index (χ1n) is 8.00. The molecule has 1 saturated heterocycles. The summed E-state index contributed by atoms with van der Waals surface area (Å²) in [7, 11) is 0. The first-order chi connectivity index (χ1) is 11.4. The molecule has 2 rings (SSSR count). The highest BCUT2D eigenvalue weighted by molar-refractivity contribution is 6.42. The predicted molar refractivity (Wildman–Crippen MR) is 97.3 cm³/mol. The number of halogens is 2. The molecule has 2 amide bonds. The Hall–Kier alpha value is -1.52. The molecule has 0 spiro atoms. The summed E-state index contributed by atoms with van der Waals surface area (Å²) in [6.45, 7) is 6.56. The largest absolute Gasteiger partial charge is 0.352 e. The van der Waals surface area contributed by atoms with Crippen LogP contribution in [0.3, 0.4) is 0 Å². The lowest BCUT2D eigenvalue weighted by Gasteiger charge is -2.36.